The largest absolute Gasteiger partial charge is 0.473 e. The van der Waals surface area contributed by atoms with E-state index < -0.39 is 15.7 Å². The van der Waals surface area contributed by atoms with Crippen molar-refractivity contribution in [3.8, 4) is 11.8 Å². The van der Waals surface area contributed by atoms with Gasteiger partial charge in [0.1, 0.15) is 22.3 Å². The molecule has 3 heterocycles. The van der Waals surface area contributed by atoms with E-state index in [0.717, 1.165) is 5.56 Å². The molecule has 1 fully saturated rings. The summed E-state index contributed by atoms with van der Waals surface area (Å²) in [5, 5.41) is 0.173. The highest BCUT2D eigenvalue weighted by atomic mass is 32.2. The lowest BCUT2D eigenvalue weighted by Gasteiger charge is -2.22. The third-order valence-electron chi connectivity index (χ3n) is 6.82. The zero-order valence-electron chi connectivity index (χ0n) is 23.4. The average Bonchev–Trinajstić information content (AvgIpc) is 3.35. The standard InChI is InChI=1S/C28H37N3O6S/c1-15(2)19-11-21(16(3)4)26(22(12-19)17(5)6)38(33,34)37-27-23-13-24(36-20-9-10-35-14-20)31(8)28(32)25(23)29-18(7)30-27/h11-13,15-17,20H,9-10,14H2,1-8H3/t20-/m1/s1. The topological polar surface area (TPSA) is 110 Å². The zero-order chi connectivity index (χ0) is 27.9. The Balaban J connectivity index is 1.90. The van der Waals surface area contributed by atoms with Crippen LogP contribution in [0.15, 0.2) is 27.9 Å². The van der Waals surface area contributed by atoms with E-state index in [1.165, 1.54) is 4.57 Å². The second kappa shape index (κ2) is 10.6. The molecule has 0 N–H and O–H groups in total. The first-order valence-electron chi connectivity index (χ1n) is 13.0. The number of rotatable bonds is 8. The lowest BCUT2D eigenvalue weighted by molar-refractivity contribution is 0.135. The quantitative estimate of drug-likeness (QED) is 0.368. The number of fused-ring (bicyclic) bond motifs is 1. The molecule has 4 rings (SSSR count). The molecule has 9 nitrogen and oxygen atoms in total. The van der Waals surface area contributed by atoms with E-state index in [-0.39, 0.29) is 57.2 Å². The molecule has 206 valence electrons. The van der Waals surface area contributed by atoms with Gasteiger partial charge in [0.05, 0.1) is 18.6 Å². The molecule has 1 aromatic carbocycles. The first kappa shape index (κ1) is 28.0. The summed E-state index contributed by atoms with van der Waals surface area (Å²) in [5.41, 5.74) is 2.08. The van der Waals surface area contributed by atoms with Gasteiger partial charge >= 0.3 is 10.1 Å². The van der Waals surface area contributed by atoms with Gasteiger partial charge in [-0.1, -0.05) is 53.7 Å². The lowest BCUT2D eigenvalue weighted by atomic mass is 9.89. The summed E-state index contributed by atoms with van der Waals surface area (Å²) >= 11 is 0. The lowest BCUT2D eigenvalue weighted by Crippen LogP contribution is -2.25. The van der Waals surface area contributed by atoms with Gasteiger partial charge in [0.2, 0.25) is 5.88 Å². The minimum absolute atomic E-state index is 0.0588. The number of aromatic nitrogens is 3. The van der Waals surface area contributed by atoms with E-state index in [1.54, 1.807) is 20.0 Å². The Kier molecular flexibility index (Phi) is 7.86. The van der Waals surface area contributed by atoms with Crippen molar-refractivity contribution in [2.75, 3.05) is 13.2 Å². The monoisotopic (exact) mass is 543 g/mol. The van der Waals surface area contributed by atoms with Crippen LogP contribution in [0.4, 0.5) is 0 Å². The van der Waals surface area contributed by atoms with Crippen LogP contribution in [0.1, 0.15) is 88.2 Å². The van der Waals surface area contributed by atoms with Crippen LogP contribution in [0.5, 0.6) is 11.8 Å². The molecule has 0 bridgehead atoms. The molecule has 3 aromatic rings. The Morgan fingerprint density at radius 2 is 1.63 bits per heavy atom. The summed E-state index contributed by atoms with van der Waals surface area (Å²) in [6.45, 7) is 14.6. The van der Waals surface area contributed by atoms with Crippen LogP contribution in [-0.2, 0) is 21.9 Å². The molecule has 0 amide bonds. The van der Waals surface area contributed by atoms with Crippen molar-refractivity contribution in [2.45, 2.75) is 83.6 Å². The minimum Gasteiger partial charge on any atom is -0.473 e. The molecule has 1 atom stereocenters. The fourth-order valence-corrected chi connectivity index (χ4v) is 6.19. The van der Waals surface area contributed by atoms with Gasteiger partial charge in [-0.05, 0) is 41.4 Å². The van der Waals surface area contributed by atoms with Gasteiger partial charge in [0, 0.05) is 19.5 Å². The fraction of sp³-hybridized carbons (Fsp3) is 0.536. The Hall–Kier alpha value is -2.98. The minimum atomic E-state index is -4.33. The Bertz CT molecular complexity index is 1490. The maximum absolute atomic E-state index is 14.0. The predicted molar refractivity (Wildman–Crippen MR) is 146 cm³/mol. The normalized spacial score (nSPS) is 16.2. The van der Waals surface area contributed by atoms with Crippen LogP contribution in [0, 0.1) is 6.92 Å². The molecule has 0 saturated carbocycles. The molecule has 0 radical (unpaired) electrons. The molecular weight excluding hydrogens is 506 g/mol. The second-order valence-corrected chi connectivity index (χ2v) is 12.3. The molecule has 0 unspecified atom stereocenters. The Labute approximate surface area is 224 Å². The molecule has 1 aliphatic rings. The molecule has 2 aromatic heterocycles. The van der Waals surface area contributed by atoms with Gasteiger partial charge in [-0.15, -0.1) is 0 Å². The average molecular weight is 544 g/mol. The number of hydrogen-bond donors (Lipinski definition) is 0. The van der Waals surface area contributed by atoms with Gasteiger partial charge in [-0.25, -0.2) is 4.98 Å². The van der Waals surface area contributed by atoms with Crippen LogP contribution in [0.25, 0.3) is 10.9 Å². The highest BCUT2D eigenvalue weighted by Gasteiger charge is 2.30. The molecular formula is C28H37N3O6S. The third kappa shape index (κ3) is 5.42. The fourth-order valence-electron chi connectivity index (χ4n) is 4.60. The summed E-state index contributed by atoms with van der Waals surface area (Å²) in [6.07, 6.45) is 0.482. The van der Waals surface area contributed by atoms with Gasteiger partial charge in [0.15, 0.2) is 5.88 Å². The second-order valence-electron chi connectivity index (χ2n) is 10.8. The highest BCUT2D eigenvalue weighted by molar-refractivity contribution is 7.87. The zero-order valence-corrected chi connectivity index (χ0v) is 24.2. The Morgan fingerprint density at radius 1 is 1.00 bits per heavy atom. The summed E-state index contributed by atoms with van der Waals surface area (Å²) < 4.78 is 46.5. The van der Waals surface area contributed by atoms with E-state index in [0.29, 0.717) is 30.8 Å². The maximum atomic E-state index is 14.0. The van der Waals surface area contributed by atoms with E-state index in [4.69, 9.17) is 13.7 Å². The maximum Gasteiger partial charge on any atom is 0.341 e. The first-order valence-corrected chi connectivity index (χ1v) is 14.5. The van der Waals surface area contributed by atoms with Crippen LogP contribution >= 0.6 is 0 Å². The summed E-state index contributed by atoms with van der Waals surface area (Å²) in [7, 11) is -2.75. The molecule has 38 heavy (non-hydrogen) atoms. The van der Waals surface area contributed by atoms with Crippen molar-refractivity contribution >= 4 is 21.0 Å². The van der Waals surface area contributed by atoms with Crippen LogP contribution in [-0.4, -0.2) is 42.3 Å². The van der Waals surface area contributed by atoms with Crippen LogP contribution < -0.4 is 14.5 Å². The van der Waals surface area contributed by atoms with Gasteiger partial charge in [0.25, 0.3) is 5.56 Å². The number of benzene rings is 1. The summed E-state index contributed by atoms with van der Waals surface area (Å²) in [6, 6.07) is 5.46. The Morgan fingerprint density at radius 3 is 2.16 bits per heavy atom. The van der Waals surface area contributed by atoms with Crippen molar-refractivity contribution in [1.82, 2.24) is 14.5 Å². The summed E-state index contributed by atoms with van der Waals surface area (Å²) in [5.74, 6) is 0.389. The van der Waals surface area contributed by atoms with Crippen molar-refractivity contribution in [3.63, 3.8) is 0 Å². The number of ether oxygens (including phenoxy) is 2. The molecule has 0 aliphatic carbocycles. The van der Waals surface area contributed by atoms with Crippen LogP contribution in [0.3, 0.4) is 0 Å². The van der Waals surface area contributed by atoms with Crippen molar-refractivity contribution < 1.29 is 22.1 Å². The third-order valence-corrected chi connectivity index (χ3v) is 8.17. The first-order chi connectivity index (χ1) is 17.8. The smallest absolute Gasteiger partial charge is 0.341 e. The molecule has 1 saturated heterocycles. The number of hydrogen-bond acceptors (Lipinski definition) is 8. The molecule has 0 spiro atoms. The van der Waals surface area contributed by atoms with Gasteiger partial charge in [-0.2, -0.15) is 13.4 Å². The number of nitrogens with zero attached hydrogens (tertiary/aromatic N) is 3. The van der Waals surface area contributed by atoms with E-state index in [2.05, 4.69) is 23.8 Å². The van der Waals surface area contributed by atoms with E-state index in [1.807, 2.05) is 39.8 Å². The van der Waals surface area contributed by atoms with E-state index >= 15 is 0 Å². The van der Waals surface area contributed by atoms with Crippen molar-refractivity contribution in [1.29, 1.82) is 0 Å². The van der Waals surface area contributed by atoms with Crippen LogP contribution in [0.2, 0.25) is 0 Å². The summed E-state index contributed by atoms with van der Waals surface area (Å²) in [4.78, 5) is 22.0. The van der Waals surface area contributed by atoms with E-state index in [9.17, 15) is 13.2 Å². The molecule has 1 aliphatic heterocycles. The highest BCUT2D eigenvalue weighted by Crippen LogP contribution is 2.37. The van der Waals surface area contributed by atoms with Gasteiger partial charge in [-0.3, -0.25) is 9.36 Å². The van der Waals surface area contributed by atoms with Crippen molar-refractivity contribution in [2.24, 2.45) is 7.05 Å². The van der Waals surface area contributed by atoms with Gasteiger partial charge < -0.3 is 13.7 Å². The predicted octanol–water partition coefficient (Wildman–Crippen LogP) is 4.94. The SMILES string of the molecule is Cc1nc(OS(=O)(=O)c2c(C(C)C)cc(C(C)C)cc2C(C)C)c2cc(O[C@@H]3CCOC3)n(C)c(=O)c2n1. The molecule has 10 heteroatoms. The van der Waals surface area contributed by atoms with Crippen molar-refractivity contribution in [3.05, 3.63) is 51.1 Å². The number of aryl methyl sites for hydroxylation is 1. The number of pyridine rings is 1.